The summed E-state index contributed by atoms with van der Waals surface area (Å²) in [6, 6.07) is 8.07. The summed E-state index contributed by atoms with van der Waals surface area (Å²) in [4.78, 5) is 0. The Morgan fingerprint density at radius 1 is 0.944 bits per heavy atom. The fraction of sp³-hybridized carbons (Fsp3) is 0.727. The lowest BCUT2D eigenvalue weighted by atomic mass is 10.1. The van der Waals surface area contributed by atoms with Crippen LogP contribution in [0.4, 0.5) is 0 Å². The van der Waals surface area contributed by atoms with E-state index in [1.165, 1.54) is 4.67 Å². The number of rotatable bonds is 12. The first-order valence-electron chi connectivity index (χ1n) is 18.5. The lowest BCUT2D eigenvalue weighted by Crippen LogP contribution is -2.40. The second kappa shape index (κ2) is 17.3. The van der Waals surface area contributed by atoms with Crippen molar-refractivity contribution in [2.75, 3.05) is 75.6 Å². The molecule has 0 bridgehead atoms. The summed E-state index contributed by atoms with van der Waals surface area (Å²) >= 11 is 21.9. The Labute approximate surface area is 258 Å². The maximum Gasteiger partial charge on any atom is 0.346 e. The minimum atomic E-state index is -4.72. The molecule has 3 atom stereocenters. The van der Waals surface area contributed by atoms with Crippen LogP contribution in [0.2, 0.25) is 0 Å². The average molecular weight is 658 g/mol. The molecule has 3 rings (SSSR count). The Kier molecular flexibility index (Phi) is 7.77. The third-order valence-corrected chi connectivity index (χ3v) is 9.49. The monoisotopic (exact) mass is 656 g/mol. The Bertz CT molecular complexity index is 1410. The summed E-state index contributed by atoms with van der Waals surface area (Å²) in [6.45, 7) is -12.1. The lowest BCUT2D eigenvalue weighted by molar-refractivity contribution is 0.148. The van der Waals surface area contributed by atoms with Gasteiger partial charge in [0.15, 0.2) is 0 Å². The maximum absolute atomic E-state index is 14.2. The molecule has 1 aromatic rings. The van der Waals surface area contributed by atoms with Crippen LogP contribution in [0.25, 0.3) is 0 Å². The summed E-state index contributed by atoms with van der Waals surface area (Å²) in [6.07, 6.45) is 0.800. The number of nitrogens with zero attached hydrogens (tertiary/aromatic N) is 3. The molecule has 2 fully saturated rings. The predicted octanol–water partition coefficient (Wildman–Crippen LogP) is 6.24. The standard InChI is InChI=1S/C15H23Cl2N2O2P.C7H15Cl2N2O2P/c1-14(15-6-3-2-4-7-15)19-10-5-13-21-22(19,20)18(11-8-16)12-9-17;8-2-5-11(6-3-9)14(12)10-4-1-7-13-14/h2-4,6-7,14H,5,8-13H2,1H3;1-7H2,(H,10,12)/i8T2,9T2,11T2,12T2;2T2,3T2,5T2,6T2. The zero-order chi connectivity index (χ0) is 40.8. The van der Waals surface area contributed by atoms with Crippen LogP contribution in [0.3, 0.4) is 0 Å². The van der Waals surface area contributed by atoms with E-state index in [0.29, 0.717) is 18.4 Å². The minimum absolute atomic E-state index is 0.0799. The Morgan fingerprint density at radius 2 is 1.50 bits per heavy atom. The molecule has 2 heterocycles. The van der Waals surface area contributed by atoms with Crippen LogP contribution in [0.1, 0.15) is 53.3 Å². The van der Waals surface area contributed by atoms with Gasteiger partial charge >= 0.3 is 15.3 Å². The van der Waals surface area contributed by atoms with Crippen LogP contribution in [-0.2, 0) is 18.2 Å². The lowest BCUT2D eigenvalue weighted by Gasteiger charge is -2.43. The molecule has 14 heteroatoms. The van der Waals surface area contributed by atoms with E-state index in [0.717, 1.165) is 0 Å². The molecule has 0 radical (unpaired) electrons. The summed E-state index contributed by atoms with van der Waals surface area (Å²) in [5, 5.41) is 2.28. The SMILES string of the molecule is [3H]C([3H])(Cl)C([3H])([3H])N(C([3H])([3H])C([3H])([3H])Cl)P1(=O)NCCCO1.[3H]C([3H])(Cl)C([3H])([3H])N(C([3H])([3H])C([3H])([3H])Cl)P1(=O)OCCCN1C(C)c1ccccc1. The number of benzene rings is 1. The highest BCUT2D eigenvalue weighted by Crippen LogP contribution is 2.59. The average Bonchev–Trinajstić information content (AvgIpc) is 2.95. The number of alkyl halides is 4. The molecule has 208 valence electrons. The van der Waals surface area contributed by atoms with Crippen LogP contribution in [-0.4, -0.2) is 89.6 Å². The first kappa shape index (κ1) is 16.1. The van der Waals surface area contributed by atoms with Gasteiger partial charge in [-0.15, -0.1) is 46.4 Å². The van der Waals surface area contributed by atoms with Crippen LogP contribution in [0, 0.1) is 0 Å². The van der Waals surface area contributed by atoms with Crippen LogP contribution in [0.15, 0.2) is 30.3 Å². The molecule has 2 saturated heterocycles. The molecule has 3 unspecified atom stereocenters. The van der Waals surface area contributed by atoms with Crippen molar-refractivity contribution in [2.24, 2.45) is 0 Å². The van der Waals surface area contributed by atoms with Gasteiger partial charge in [0.1, 0.15) is 0 Å². The molecule has 1 aromatic carbocycles. The van der Waals surface area contributed by atoms with Crippen molar-refractivity contribution in [1.29, 1.82) is 0 Å². The van der Waals surface area contributed by atoms with Gasteiger partial charge in [0.2, 0.25) is 0 Å². The molecule has 0 saturated carbocycles. The van der Waals surface area contributed by atoms with E-state index in [-0.39, 0.29) is 35.6 Å². The Balaban J connectivity index is 0.000000378. The molecule has 0 spiro atoms. The Morgan fingerprint density at radius 3 is 2.03 bits per heavy atom. The van der Waals surface area contributed by atoms with Gasteiger partial charge in [-0.1, -0.05) is 30.3 Å². The first-order valence-corrected chi connectivity index (χ1v) is 15.1. The van der Waals surface area contributed by atoms with E-state index >= 15 is 0 Å². The number of nitrogens with one attached hydrogen (secondary N) is 1. The van der Waals surface area contributed by atoms with Gasteiger partial charge in [-0.05, 0) is 25.3 Å². The largest absolute Gasteiger partial charge is 0.346 e. The first-order chi connectivity index (χ1) is 23.1. The second-order valence-corrected chi connectivity index (χ2v) is 11.9. The summed E-state index contributed by atoms with van der Waals surface area (Å²) in [5.74, 6) is -12.9. The van der Waals surface area contributed by atoms with Crippen molar-refractivity contribution in [1.82, 2.24) is 19.1 Å². The van der Waals surface area contributed by atoms with Crippen molar-refractivity contribution in [3.05, 3.63) is 35.9 Å². The minimum Gasteiger partial charge on any atom is -0.306 e. The highest BCUT2D eigenvalue weighted by molar-refractivity contribution is 7.54. The van der Waals surface area contributed by atoms with Crippen molar-refractivity contribution < 1.29 is 40.1 Å². The number of halogens is 4. The molecule has 0 amide bonds. The van der Waals surface area contributed by atoms with Gasteiger partial charge in [-0.25, -0.2) is 19.1 Å². The highest BCUT2D eigenvalue weighted by atomic mass is 35.5. The molecular formula is C22H38Cl4N4O4P2. The van der Waals surface area contributed by atoms with Gasteiger partial charge in [0.25, 0.3) is 0 Å². The van der Waals surface area contributed by atoms with E-state index < -0.39 is 70.7 Å². The smallest absolute Gasteiger partial charge is 0.306 e. The second-order valence-electron chi connectivity index (χ2n) is 6.99. The highest BCUT2D eigenvalue weighted by Gasteiger charge is 2.43. The third kappa shape index (κ3) is 9.36. The quantitative estimate of drug-likeness (QED) is 0.209. The van der Waals surface area contributed by atoms with Crippen LogP contribution >= 0.6 is 61.7 Å². The van der Waals surface area contributed by atoms with Gasteiger partial charge in [-0.2, -0.15) is 0 Å². The van der Waals surface area contributed by atoms with E-state index in [1.807, 2.05) is 0 Å². The van der Waals surface area contributed by atoms with Gasteiger partial charge in [-0.3, -0.25) is 9.13 Å². The van der Waals surface area contributed by atoms with Gasteiger partial charge in [0, 0.05) is 90.4 Å². The normalized spacial score (nSPS) is 35.8. The van der Waals surface area contributed by atoms with Crippen LogP contribution in [0.5, 0.6) is 0 Å². The van der Waals surface area contributed by atoms with E-state index in [2.05, 4.69) is 5.09 Å². The zero-order valence-corrected chi connectivity index (χ0v) is 23.9. The molecular weight excluding hydrogens is 588 g/mol. The van der Waals surface area contributed by atoms with E-state index in [1.54, 1.807) is 37.3 Å². The third-order valence-electron chi connectivity index (χ3n) is 4.85. The number of hydrogen-bond acceptors (Lipinski definition) is 4. The predicted molar refractivity (Wildman–Crippen MR) is 152 cm³/mol. The van der Waals surface area contributed by atoms with E-state index in [4.69, 9.17) is 77.4 Å². The van der Waals surface area contributed by atoms with Gasteiger partial charge in [0.05, 0.1) is 13.2 Å². The zero-order valence-electron chi connectivity index (χ0n) is 35.1. The number of hydrogen-bond donors (Lipinski definition) is 1. The maximum atomic E-state index is 14.2. The molecule has 8 nitrogen and oxygen atoms in total. The molecule has 1 N–H and O–H groups in total. The topological polar surface area (TPSA) is 74.4 Å². The van der Waals surface area contributed by atoms with Crippen molar-refractivity contribution in [2.45, 2.75) is 25.8 Å². The summed E-state index contributed by atoms with van der Waals surface area (Å²) in [7, 11) is -9.20. The van der Waals surface area contributed by atoms with Crippen molar-refractivity contribution >= 4 is 61.7 Å². The van der Waals surface area contributed by atoms with Crippen molar-refractivity contribution in [3.8, 4) is 0 Å². The fourth-order valence-electron chi connectivity index (χ4n) is 3.23. The van der Waals surface area contributed by atoms with Crippen molar-refractivity contribution in [3.63, 3.8) is 0 Å². The molecule has 0 aliphatic carbocycles. The summed E-state index contributed by atoms with van der Waals surface area (Å²) in [5.41, 5.74) is 0.673. The molecule has 2 aliphatic heterocycles. The van der Waals surface area contributed by atoms with Crippen LogP contribution < -0.4 is 5.09 Å². The van der Waals surface area contributed by atoms with E-state index in [9.17, 15) is 9.13 Å². The molecule has 36 heavy (non-hydrogen) atoms. The molecule has 0 aromatic heterocycles. The Hall–Kier alpha value is 0.600. The summed E-state index contributed by atoms with van der Waals surface area (Å²) < 4.78 is 162. The van der Waals surface area contributed by atoms with Gasteiger partial charge < -0.3 is 9.05 Å². The fourth-order valence-corrected chi connectivity index (χ4v) is 7.51. The molecule has 2 aliphatic rings.